The highest BCUT2D eigenvalue weighted by Crippen LogP contribution is 2.41. The molecule has 0 bridgehead atoms. The molecule has 5 rings (SSSR count). The van der Waals surface area contributed by atoms with Gasteiger partial charge in [0.05, 0.1) is 37.3 Å². The Hall–Kier alpha value is -3.13. The van der Waals surface area contributed by atoms with E-state index in [1.54, 1.807) is 36.7 Å². The number of hydrogen-bond donors (Lipinski definition) is 1. The second-order valence-corrected chi connectivity index (χ2v) is 8.19. The zero-order valence-electron chi connectivity index (χ0n) is 16.8. The number of imidazole rings is 1. The van der Waals surface area contributed by atoms with Crippen molar-refractivity contribution in [2.24, 2.45) is 11.8 Å². The van der Waals surface area contributed by atoms with Crippen LogP contribution in [0, 0.1) is 11.8 Å². The van der Waals surface area contributed by atoms with Crippen LogP contribution in [-0.2, 0) is 0 Å². The van der Waals surface area contributed by atoms with Crippen molar-refractivity contribution in [2.75, 3.05) is 20.2 Å². The van der Waals surface area contributed by atoms with Gasteiger partial charge < -0.3 is 19.3 Å². The van der Waals surface area contributed by atoms with Crippen LogP contribution in [0.4, 0.5) is 0 Å². The lowest BCUT2D eigenvalue weighted by Crippen LogP contribution is -2.35. The molecule has 1 aliphatic carbocycles. The maximum Gasteiger partial charge on any atom is 0.257 e. The van der Waals surface area contributed by atoms with E-state index in [0.29, 0.717) is 42.7 Å². The van der Waals surface area contributed by atoms with Crippen molar-refractivity contribution in [3.8, 4) is 11.4 Å². The van der Waals surface area contributed by atoms with Crippen LogP contribution >= 0.6 is 0 Å². The minimum absolute atomic E-state index is 0.0146. The summed E-state index contributed by atoms with van der Waals surface area (Å²) in [7, 11) is 1.62. The lowest BCUT2D eigenvalue weighted by atomic mass is 9.77. The molecule has 1 amide bonds. The van der Waals surface area contributed by atoms with Gasteiger partial charge in [-0.1, -0.05) is 12.1 Å². The summed E-state index contributed by atoms with van der Waals surface area (Å²) < 4.78 is 9.06. The molecule has 30 heavy (non-hydrogen) atoms. The third-order valence-corrected chi connectivity index (χ3v) is 6.47. The smallest absolute Gasteiger partial charge is 0.257 e. The van der Waals surface area contributed by atoms with Gasteiger partial charge in [0.15, 0.2) is 0 Å². The average molecular weight is 407 g/mol. The fourth-order valence-corrected chi connectivity index (χ4v) is 4.93. The number of para-hydroxylation sites is 2. The number of nitrogens with zero attached hydrogens (tertiary/aromatic N) is 5. The summed E-state index contributed by atoms with van der Waals surface area (Å²) in [5.41, 5.74) is 1.35. The summed E-state index contributed by atoms with van der Waals surface area (Å²) in [4.78, 5) is 19.2. The lowest BCUT2D eigenvalue weighted by molar-refractivity contribution is 0.0357. The fourth-order valence-electron chi connectivity index (χ4n) is 4.93. The molecule has 3 heterocycles. The van der Waals surface area contributed by atoms with E-state index >= 15 is 0 Å². The molecule has 0 radical (unpaired) electrons. The number of aromatic nitrogens is 4. The molecular weight excluding hydrogens is 382 g/mol. The molecule has 2 aliphatic rings. The molecular formula is C22H25N5O3. The summed E-state index contributed by atoms with van der Waals surface area (Å²) in [6, 6.07) is 7.61. The number of methoxy groups -OCH3 is 1. The Kier molecular flexibility index (Phi) is 4.78. The zero-order valence-corrected chi connectivity index (χ0v) is 16.8. The maximum atomic E-state index is 13.1. The summed E-state index contributed by atoms with van der Waals surface area (Å²) in [5, 5.41) is 15.0. The van der Waals surface area contributed by atoms with Gasteiger partial charge in [0, 0.05) is 31.7 Å². The fraction of sp³-hybridized carbons (Fsp3) is 0.409. The Morgan fingerprint density at radius 3 is 2.77 bits per heavy atom. The Balaban J connectivity index is 1.31. The number of aliphatic hydroxyl groups excluding tert-OH is 1. The van der Waals surface area contributed by atoms with E-state index in [9.17, 15) is 9.90 Å². The first kappa shape index (κ1) is 18.9. The largest absolute Gasteiger partial charge is 0.494 e. The molecule has 156 valence electrons. The SMILES string of the molecule is COc1ccccc1-n1cc(C(=O)N2C[C@H]3C[C@@H](n4ccnc4)[C@H](O)C[C@H]3C2)cn1. The molecule has 1 aromatic carbocycles. The maximum absolute atomic E-state index is 13.1. The van der Waals surface area contributed by atoms with Crippen molar-refractivity contribution in [1.82, 2.24) is 24.2 Å². The summed E-state index contributed by atoms with van der Waals surface area (Å²) in [5.74, 6) is 1.40. The summed E-state index contributed by atoms with van der Waals surface area (Å²) in [6.45, 7) is 1.39. The van der Waals surface area contributed by atoms with Crippen LogP contribution < -0.4 is 4.74 Å². The van der Waals surface area contributed by atoms with Gasteiger partial charge in [-0.15, -0.1) is 0 Å². The number of fused-ring (bicyclic) bond motifs is 1. The van der Waals surface area contributed by atoms with Gasteiger partial charge >= 0.3 is 0 Å². The molecule has 1 saturated heterocycles. The second kappa shape index (κ2) is 7.60. The molecule has 8 heteroatoms. The molecule has 1 saturated carbocycles. The Bertz CT molecular complexity index is 1030. The van der Waals surface area contributed by atoms with Crippen LogP contribution in [0.2, 0.25) is 0 Å². The van der Waals surface area contributed by atoms with Gasteiger partial charge in [-0.2, -0.15) is 5.10 Å². The van der Waals surface area contributed by atoms with Crippen molar-refractivity contribution in [2.45, 2.75) is 25.0 Å². The number of carbonyl (C=O) groups excluding carboxylic acids is 1. The number of carbonyl (C=O) groups is 1. The van der Waals surface area contributed by atoms with Crippen molar-refractivity contribution in [3.63, 3.8) is 0 Å². The monoisotopic (exact) mass is 407 g/mol. The van der Waals surface area contributed by atoms with Crippen LogP contribution in [0.25, 0.3) is 5.69 Å². The molecule has 0 unspecified atom stereocenters. The van der Waals surface area contributed by atoms with Crippen molar-refractivity contribution >= 4 is 5.91 Å². The van der Waals surface area contributed by atoms with E-state index < -0.39 is 6.10 Å². The first-order valence-electron chi connectivity index (χ1n) is 10.3. The summed E-state index contributed by atoms with van der Waals surface area (Å²) >= 11 is 0. The third-order valence-electron chi connectivity index (χ3n) is 6.47. The van der Waals surface area contributed by atoms with E-state index in [2.05, 4.69) is 10.1 Å². The van der Waals surface area contributed by atoms with E-state index in [0.717, 1.165) is 12.1 Å². The average Bonchev–Trinajstić information content (AvgIpc) is 3.52. The topological polar surface area (TPSA) is 85.4 Å². The lowest BCUT2D eigenvalue weighted by Gasteiger charge is -2.35. The molecule has 3 aromatic rings. The van der Waals surface area contributed by atoms with Gasteiger partial charge in [0.1, 0.15) is 11.4 Å². The first-order chi connectivity index (χ1) is 14.6. The van der Waals surface area contributed by atoms with Crippen LogP contribution in [0.1, 0.15) is 29.2 Å². The third kappa shape index (κ3) is 3.27. The quantitative estimate of drug-likeness (QED) is 0.716. The van der Waals surface area contributed by atoms with E-state index in [1.165, 1.54) is 0 Å². The standard InChI is InChI=1S/C22H25N5O3/c1-30-21-5-3-2-4-18(21)27-13-17(10-24-27)22(29)26-11-15-8-19(25-7-6-23-14-25)20(28)9-16(15)12-26/h2-7,10,13-16,19-20,28H,8-9,11-12H2,1H3/t15-,16+,19-,20-/m1/s1. The summed E-state index contributed by atoms with van der Waals surface area (Å²) in [6.07, 6.45) is 9.91. The molecule has 1 N–H and O–H groups in total. The zero-order chi connectivity index (χ0) is 20.7. The molecule has 1 aliphatic heterocycles. The number of amides is 1. The minimum Gasteiger partial charge on any atom is -0.494 e. The number of aliphatic hydroxyl groups is 1. The van der Waals surface area contributed by atoms with E-state index in [1.807, 2.05) is 39.9 Å². The van der Waals surface area contributed by atoms with Crippen LogP contribution in [0.5, 0.6) is 5.75 Å². The Morgan fingerprint density at radius 2 is 2.00 bits per heavy atom. The Labute approximate surface area is 174 Å². The van der Waals surface area contributed by atoms with Crippen molar-refractivity contribution in [1.29, 1.82) is 0 Å². The second-order valence-electron chi connectivity index (χ2n) is 8.19. The van der Waals surface area contributed by atoms with Crippen molar-refractivity contribution < 1.29 is 14.6 Å². The number of benzene rings is 1. The highest BCUT2D eigenvalue weighted by atomic mass is 16.5. The Morgan fingerprint density at radius 1 is 1.20 bits per heavy atom. The molecule has 2 aromatic heterocycles. The predicted molar refractivity (Wildman–Crippen MR) is 110 cm³/mol. The molecule has 4 atom stereocenters. The molecule has 0 spiro atoms. The number of hydrogen-bond acceptors (Lipinski definition) is 5. The van der Waals surface area contributed by atoms with Crippen LogP contribution in [-0.4, -0.2) is 61.5 Å². The van der Waals surface area contributed by atoms with E-state index in [4.69, 9.17) is 4.74 Å². The van der Waals surface area contributed by atoms with Gasteiger partial charge in [-0.05, 0) is 36.8 Å². The minimum atomic E-state index is -0.413. The van der Waals surface area contributed by atoms with Crippen LogP contribution in [0.3, 0.4) is 0 Å². The normalized spacial score (nSPS) is 25.9. The number of rotatable bonds is 4. The van der Waals surface area contributed by atoms with Crippen molar-refractivity contribution in [3.05, 3.63) is 60.9 Å². The highest BCUT2D eigenvalue weighted by molar-refractivity contribution is 5.94. The van der Waals surface area contributed by atoms with Gasteiger partial charge in [-0.3, -0.25) is 4.79 Å². The van der Waals surface area contributed by atoms with Crippen LogP contribution in [0.15, 0.2) is 55.4 Å². The van der Waals surface area contributed by atoms with E-state index in [-0.39, 0.29) is 11.9 Å². The molecule has 2 fully saturated rings. The number of likely N-dealkylation sites (tertiary alicyclic amines) is 1. The van der Waals surface area contributed by atoms with Gasteiger partial charge in [0.25, 0.3) is 5.91 Å². The predicted octanol–water partition coefficient (Wildman–Crippen LogP) is 2.16. The first-order valence-corrected chi connectivity index (χ1v) is 10.3. The molecule has 8 nitrogen and oxygen atoms in total. The van der Waals surface area contributed by atoms with Gasteiger partial charge in [-0.25, -0.2) is 9.67 Å². The number of ether oxygens (including phenoxy) is 1. The highest BCUT2D eigenvalue weighted by Gasteiger charge is 2.43. The van der Waals surface area contributed by atoms with Gasteiger partial charge in [0.2, 0.25) is 0 Å².